The largest absolute Gasteiger partial charge is 0.398 e. The molecule has 2 aliphatic rings. The molecule has 3 aromatic rings. The lowest BCUT2D eigenvalue weighted by atomic mass is 9.96. The zero-order valence-corrected chi connectivity index (χ0v) is 20.1. The van der Waals surface area contributed by atoms with Gasteiger partial charge in [-0.2, -0.15) is 5.10 Å². The van der Waals surface area contributed by atoms with Gasteiger partial charge >= 0.3 is 0 Å². The Labute approximate surface area is 204 Å². The van der Waals surface area contributed by atoms with E-state index < -0.39 is 0 Å². The molecule has 8 heteroatoms. The number of likely N-dealkylation sites (tertiary alicyclic amines) is 1. The molecule has 176 valence electrons. The second kappa shape index (κ2) is 9.19. The molecule has 4 heterocycles. The smallest absolute Gasteiger partial charge is 0.256 e. The Balaban J connectivity index is 1.38. The van der Waals surface area contributed by atoms with Crippen molar-refractivity contribution in [3.8, 4) is 12.3 Å². The number of nitrogens with two attached hydrogens (primary N) is 1. The topological polar surface area (TPSA) is 79.8 Å². The Morgan fingerprint density at radius 1 is 1.26 bits per heavy atom. The van der Waals surface area contributed by atoms with Gasteiger partial charge in [-0.15, -0.1) is 12.3 Å². The molecule has 0 bridgehead atoms. The Morgan fingerprint density at radius 2 is 2.12 bits per heavy atom. The highest BCUT2D eigenvalue weighted by molar-refractivity contribution is 6.31. The average molecular weight is 477 g/mol. The monoisotopic (exact) mass is 476 g/mol. The molecule has 0 saturated carbocycles. The summed E-state index contributed by atoms with van der Waals surface area (Å²) in [5, 5.41) is 5.29. The Hall–Kier alpha value is -3.24. The lowest BCUT2D eigenvalue weighted by Gasteiger charge is -2.36. The predicted molar refractivity (Wildman–Crippen MR) is 135 cm³/mol. The summed E-state index contributed by atoms with van der Waals surface area (Å²) >= 11 is 6.14. The maximum atomic E-state index is 13.4. The zero-order valence-electron chi connectivity index (χ0n) is 19.4. The number of nitrogens with zero attached hydrogens (tertiary/aromatic N) is 5. The van der Waals surface area contributed by atoms with Crippen LogP contribution in [0.25, 0.3) is 5.65 Å². The molecule has 0 radical (unpaired) electrons. The van der Waals surface area contributed by atoms with Gasteiger partial charge in [0.25, 0.3) is 5.91 Å². The van der Waals surface area contributed by atoms with Crippen molar-refractivity contribution in [1.29, 1.82) is 0 Å². The van der Waals surface area contributed by atoms with Gasteiger partial charge in [0.2, 0.25) is 0 Å². The van der Waals surface area contributed by atoms with E-state index in [1.807, 2.05) is 21.7 Å². The number of carbonyl (C=O) groups is 1. The number of piperidine rings is 1. The first kappa shape index (κ1) is 22.5. The highest BCUT2D eigenvalue weighted by atomic mass is 35.5. The lowest BCUT2D eigenvalue weighted by Crippen LogP contribution is -2.45. The van der Waals surface area contributed by atoms with Gasteiger partial charge in [-0.05, 0) is 50.8 Å². The summed E-state index contributed by atoms with van der Waals surface area (Å²) in [5.74, 6) is 4.05. The maximum Gasteiger partial charge on any atom is 0.256 e. The molecule has 0 spiro atoms. The van der Waals surface area contributed by atoms with Crippen LogP contribution in [-0.2, 0) is 6.42 Å². The number of benzene rings is 1. The highest BCUT2D eigenvalue weighted by Crippen LogP contribution is 2.28. The SMILES string of the molecule is C#CC1CCN(c2nc3cc(CC4CCCCN4C(=O)c4cc(Cl)ccc4N)nn3cc2C)C1. The van der Waals surface area contributed by atoms with Crippen LogP contribution in [0, 0.1) is 25.2 Å². The lowest BCUT2D eigenvalue weighted by molar-refractivity contribution is 0.0613. The first-order valence-corrected chi connectivity index (χ1v) is 12.2. The molecule has 7 nitrogen and oxygen atoms in total. The number of fused-ring (bicyclic) bond motifs is 1. The maximum absolute atomic E-state index is 13.4. The number of anilines is 2. The van der Waals surface area contributed by atoms with Crippen molar-refractivity contribution in [2.45, 2.75) is 45.1 Å². The van der Waals surface area contributed by atoms with Crippen LogP contribution in [0.2, 0.25) is 5.02 Å². The number of aryl methyl sites for hydroxylation is 1. The van der Waals surface area contributed by atoms with Crippen LogP contribution in [0.5, 0.6) is 0 Å². The third kappa shape index (κ3) is 4.30. The average Bonchev–Trinajstić information content (AvgIpc) is 3.46. The van der Waals surface area contributed by atoms with Crippen LogP contribution >= 0.6 is 11.6 Å². The van der Waals surface area contributed by atoms with E-state index in [9.17, 15) is 4.79 Å². The van der Waals surface area contributed by atoms with Crippen molar-refractivity contribution in [2.24, 2.45) is 5.92 Å². The minimum atomic E-state index is -0.0678. The molecule has 1 aromatic carbocycles. The van der Waals surface area contributed by atoms with Crippen LogP contribution in [0.3, 0.4) is 0 Å². The fourth-order valence-electron chi connectivity index (χ4n) is 5.15. The normalized spacial score (nSPS) is 20.6. The van der Waals surface area contributed by atoms with Crippen LogP contribution in [-0.4, -0.2) is 51.1 Å². The number of carbonyl (C=O) groups excluding carboxylic acids is 1. The molecule has 2 saturated heterocycles. The van der Waals surface area contributed by atoms with E-state index in [-0.39, 0.29) is 17.9 Å². The summed E-state index contributed by atoms with van der Waals surface area (Å²) in [5.41, 5.74) is 9.83. The molecular formula is C26H29ClN6O. The summed E-state index contributed by atoms with van der Waals surface area (Å²) in [6, 6.07) is 7.14. The highest BCUT2D eigenvalue weighted by Gasteiger charge is 2.30. The molecule has 2 atom stereocenters. The minimum Gasteiger partial charge on any atom is -0.398 e. The molecule has 34 heavy (non-hydrogen) atoms. The van der Waals surface area contributed by atoms with Crippen LogP contribution in [0.4, 0.5) is 11.5 Å². The van der Waals surface area contributed by atoms with E-state index in [0.29, 0.717) is 29.2 Å². The third-order valence-corrected chi connectivity index (χ3v) is 7.19. The minimum absolute atomic E-state index is 0.0556. The van der Waals surface area contributed by atoms with E-state index in [4.69, 9.17) is 33.8 Å². The molecule has 2 aliphatic heterocycles. The van der Waals surface area contributed by atoms with Gasteiger partial charge < -0.3 is 15.5 Å². The van der Waals surface area contributed by atoms with E-state index >= 15 is 0 Å². The molecule has 2 N–H and O–H groups in total. The molecule has 2 aromatic heterocycles. The molecule has 2 unspecified atom stereocenters. The van der Waals surface area contributed by atoms with E-state index in [2.05, 4.69) is 17.7 Å². The fraction of sp³-hybridized carbons (Fsp3) is 0.423. The van der Waals surface area contributed by atoms with Crippen LogP contribution < -0.4 is 10.6 Å². The fourth-order valence-corrected chi connectivity index (χ4v) is 5.32. The van der Waals surface area contributed by atoms with Crippen molar-refractivity contribution in [3.05, 3.63) is 52.3 Å². The Morgan fingerprint density at radius 3 is 2.91 bits per heavy atom. The van der Waals surface area contributed by atoms with E-state index in [1.165, 1.54) is 0 Å². The first-order valence-electron chi connectivity index (χ1n) is 11.9. The molecular weight excluding hydrogens is 448 g/mol. The molecule has 2 fully saturated rings. The third-order valence-electron chi connectivity index (χ3n) is 6.96. The second-order valence-corrected chi connectivity index (χ2v) is 9.80. The van der Waals surface area contributed by atoms with Crippen molar-refractivity contribution < 1.29 is 4.79 Å². The van der Waals surface area contributed by atoms with Gasteiger partial charge in [0.1, 0.15) is 5.82 Å². The standard InChI is InChI=1S/C26H29ClN6O/c1-3-18-9-11-31(16-18)25-17(2)15-33-24(29-25)14-20(30-33)13-21-6-4-5-10-32(21)26(34)22-12-19(27)7-8-23(22)28/h1,7-8,12,14-15,18,21H,4-6,9-11,13,16,28H2,2H3. The van der Waals surface area contributed by atoms with Crippen LogP contribution in [0.1, 0.15) is 47.3 Å². The Bertz CT molecular complexity index is 1280. The number of aromatic nitrogens is 3. The summed E-state index contributed by atoms with van der Waals surface area (Å²) in [7, 11) is 0. The van der Waals surface area contributed by atoms with Crippen molar-refractivity contribution in [3.63, 3.8) is 0 Å². The first-order chi connectivity index (χ1) is 16.4. The number of terminal acetylenes is 1. The molecule has 5 rings (SSSR count). The van der Waals surface area contributed by atoms with Gasteiger partial charge in [0, 0.05) is 66.6 Å². The van der Waals surface area contributed by atoms with Crippen molar-refractivity contribution in [1.82, 2.24) is 19.5 Å². The van der Waals surface area contributed by atoms with Crippen LogP contribution in [0.15, 0.2) is 30.5 Å². The van der Waals surface area contributed by atoms with Gasteiger partial charge in [0.05, 0.1) is 11.3 Å². The zero-order chi connectivity index (χ0) is 23.8. The van der Waals surface area contributed by atoms with Crippen molar-refractivity contribution >= 4 is 34.7 Å². The molecule has 1 amide bonds. The number of amides is 1. The van der Waals surface area contributed by atoms with Gasteiger partial charge in [0.15, 0.2) is 5.65 Å². The summed E-state index contributed by atoms with van der Waals surface area (Å²) in [6.07, 6.45) is 12.3. The van der Waals surface area contributed by atoms with E-state index in [0.717, 1.165) is 61.5 Å². The van der Waals surface area contributed by atoms with E-state index in [1.54, 1.807) is 18.2 Å². The van der Waals surface area contributed by atoms with Gasteiger partial charge in [-0.1, -0.05) is 11.6 Å². The predicted octanol–water partition coefficient (Wildman–Crippen LogP) is 3.97. The van der Waals surface area contributed by atoms with Crippen molar-refractivity contribution in [2.75, 3.05) is 30.3 Å². The molecule has 0 aliphatic carbocycles. The number of nitrogen functional groups attached to an aromatic ring is 1. The summed E-state index contributed by atoms with van der Waals surface area (Å²) < 4.78 is 1.84. The summed E-state index contributed by atoms with van der Waals surface area (Å²) in [4.78, 5) is 22.5. The number of halogens is 1. The number of hydrogen-bond donors (Lipinski definition) is 1. The van der Waals surface area contributed by atoms with Gasteiger partial charge in [-0.25, -0.2) is 9.50 Å². The van der Waals surface area contributed by atoms with Gasteiger partial charge in [-0.3, -0.25) is 4.79 Å². The number of rotatable bonds is 4. The quantitative estimate of drug-likeness (QED) is 0.455. The number of hydrogen-bond acceptors (Lipinski definition) is 5. The Kier molecular flexibility index (Phi) is 6.09. The summed E-state index contributed by atoms with van der Waals surface area (Å²) in [6.45, 7) is 4.53. The second-order valence-electron chi connectivity index (χ2n) is 9.37.